The van der Waals surface area contributed by atoms with E-state index in [1.165, 1.54) is 23.9 Å². The van der Waals surface area contributed by atoms with Crippen molar-refractivity contribution >= 4 is 34.3 Å². The Morgan fingerprint density at radius 2 is 1.51 bits per heavy atom. The normalized spacial score (nSPS) is 10.5. The fraction of sp³-hybridized carbons (Fsp3) is 0.115. The first-order valence-electron chi connectivity index (χ1n) is 10.7. The lowest BCUT2D eigenvalue weighted by Gasteiger charge is -2.12. The third-order valence-corrected chi connectivity index (χ3v) is 5.18. The van der Waals surface area contributed by atoms with Crippen LogP contribution >= 0.6 is 0 Å². The van der Waals surface area contributed by atoms with Crippen molar-refractivity contribution in [1.82, 2.24) is 9.78 Å². The zero-order chi connectivity index (χ0) is 24.8. The number of aromatic nitrogens is 2. The molecule has 3 aromatic carbocycles. The van der Waals surface area contributed by atoms with Gasteiger partial charge in [0.1, 0.15) is 0 Å². The van der Waals surface area contributed by atoms with Crippen LogP contribution in [-0.4, -0.2) is 41.3 Å². The highest BCUT2D eigenvalue weighted by Gasteiger charge is 2.20. The van der Waals surface area contributed by atoms with Crippen LogP contribution < -0.4 is 10.9 Å². The van der Waals surface area contributed by atoms with Crippen molar-refractivity contribution in [3.8, 4) is 0 Å². The van der Waals surface area contributed by atoms with Gasteiger partial charge in [0.2, 0.25) is 0 Å². The predicted octanol–water partition coefficient (Wildman–Crippen LogP) is 3.03. The maximum Gasteiger partial charge on any atom is 0.359 e. The lowest BCUT2D eigenvalue weighted by atomic mass is 10.1. The van der Waals surface area contributed by atoms with Gasteiger partial charge in [-0.05, 0) is 23.8 Å². The van der Waals surface area contributed by atoms with Crippen LogP contribution in [0.25, 0.3) is 10.8 Å². The molecule has 9 heteroatoms. The van der Waals surface area contributed by atoms with Gasteiger partial charge in [0.05, 0.1) is 30.3 Å². The van der Waals surface area contributed by atoms with Gasteiger partial charge in [0.15, 0.2) is 12.3 Å². The van der Waals surface area contributed by atoms with E-state index in [2.05, 4.69) is 10.4 Å². The van der Waals surface area contributed by atoms with Gasteiger partial charge in [0.25, 0.3) is 11.5 Å². The van der Waals surface area contributed by atoms with Crippen LogP contribution in [0.1, 0.15) is 26.4 Å². The van der Waals surface area contributed by atoms with Crippen LogP contribution in [-0.2, 0) is 20.8 Å². The van der Waals surface area contributed by atoms with Crippen LogP contribution in [0, 0.1) is 0 Å². The van der Waals surface area contributed by atoms with Crippen molar-refractivity contribution in [2.45, 2.75) is 6.54 Å². The highest BCUT2D eigenvalue weighted by molar-refractivity contribution is 6.04. The summed E-state index contributed by atoms with van der Waals surface area (Å²) in [4.78, 5) is 50.1. The molecule has 0 aliphatic carbocycles. The minimum atomic E-state index is -0.862. The highest BCUT2D eigenvalue weighted by atomic mass is 16.5. The molecular weight excluding hydrogens is 450 g/mol. The third kappa shape index (κ3) is 5.25. The monoisotopic (exact) mass is 471 g/mol. The number of para-hydroxylation sites is 1. The molecule has 176 valence electrons. The second kappa shape index (κ2) is 10.4. The molecule has 35 heavy (non-hydrogen) atoms. The average Bonchev–Trinajstić information content (AvgIpc) is 2.89. The lowest BCUT2D eigenvalue weighted by molar-refractivity contribution is -0.119. The number of nitrogens with one attached hydrogen (secondary N) is 1. The maximum atomic E-state index is 12.9. The molecule has 0 spiro atoms. The lowest BCUT2D eigenvalue weighted by Crippen LogP contribution is -2.28. The smallest absolute Gasteiger partial charge is 0.359 e. The topological polar surface area (TPSA) is 117 Å². The van der Waals surface area contributed by atoms with Gasteiger partial charge in [-0.25, -0.2) is 14.3 Å². The van der Waals surface area contributed by atoms with E-state index in [1.54, 1.807) is 36.4 Å². The second-order valence-corrected chi connectivity index (χ2v) is 7.50. The number of carbonyl (C=O) groups excluding carboxylic acids is 3. The average molecular weight is 471 g/mol. The molecule has 0 radical (unpaired) electrons. The molecule has 4 rings (SSSR count). The first kappa shape index (κ1) is 23.4. The van der Waals surface area contributed by atoms with Gasteiger partial charge < -0.3 is 14.8 Å². The number of rotatable bonds is 7. The number of hydrogen-bond donors (Lipinski definition) is 1. The number of carbonyl (C=O) groups is 3. The van der Waals surface area contributed by atoms with Gasteiger partial charge in [-0.1, -0.05) is 60.7 Å². The molecule has 1 heterocycles. The van der Waals surface area contributed by atoms with E-state index in [0.29, 0.717) is 10.8 Å². The number of methoxy groups -OCH3 is 1. The molecule has 1 amide bonds. The Morgan fingerprint density at radius 1 is 0.857 bits per heavy atom. The molecule has 4 aromatic rings. The molecule has 0 aliphatic heterocycles. The van der Waals surface area contributed by atoms with Crippen molar-refractivity contribution in [2.75, 3.05) is 19.0 Å². The van der Waals surface area contributed by atoms with Crippen LogP contribution in [0.15, 0.2) is 83.7 Å². The van der Waals surface area contributed by atoms with Crippen molar-refractivity contribution < 1.29 is 23.9 Å². The Labute approximate surface area is 199 Å². The summed E-state index contributed by atoms with van der Waals surface area (Å²) in [6.45, 7) is -0.461. The molecule has 0 fully saturated rings. The summed E-state index contributed by atoms with van der Waals surface area (Å²) in [6, 6.07) is 22.1. The standard InChI is InChI=1S/C26H21N3O6/c1-34-25(32)20-13-7-8-14-21(20)27-22(30)16-35-26(33)23-18-11-5-6-12-19(18)24(31)29(28-23)15-17-9-3-2-4-10-17/h2-14H,15-16H2,1H3,(H,27,30). The molecule has 1 aromatic heterocycles. The Bertz CT molecular complexity index is 1460. The van der Waals surface area contributed by atoms with Gasteiger partial charge in [-0.3, -0.25) is 9.59 Å². The van der Waals surface area contributed by atoms with Crippen LogP contribution in [0.4, 0.5) is 5.69 Å². The molecule has 0 unspecified atom stereocenters. The Kier molecular flexibility index (Phi) is 6.96. The minimum absolute atomic E-state index is 0.0844. The molecule has 0 atom stereocenters. The number of esters is 2. The summed E-state index contributed by atoms with van der Waals surface area (Å²) < 4.78 is 11.1. The maximum absolute atomic E-state index is 12.9. The fourth-order valence-electron chi connectivity index (χ4n) is 3.52. The molecule has 0 saturated carbocycles. The van der Waals surface area contributed by atoms with Gasteiger partial charge >= 0.3 is 11.9 Å². The van der Waals surface area contributed by atoms with E-state index in [9.17, 15) is 19.2 Å². The van der Waals surface area contributed by atoms with Crippen molar-refractivity contribution in [3.05, 3.63) is 106 Å². The predicted molar refractivity (Wildman–Crippen MR) is 128 cm³/mol. The summed E-state index contributed by atoms with van der Waals surface area (Å²) in [5.74, 6) is -2.13. The van der Waals surface area contributed by atoms with E-state index < -0.39 is 24.5 Å². The highest BCUT2D eigenvalue weighted by Crippen LogP contribution is 2.17. The summed E-state index contributed by atoms with van der Waals surface area (Å²) in [7, 11) is 1.23. The first-order valence-corrected chi connectivity index (χ1v) is 10.7. The molecule has 9 nitrogen and oxygen atoms in total. The number of benzene rings is 3. The van der Waals surface area contributed by atoms with Gasteiger partial charge in [-0.15, -0.1) is 0 Å². The molecule has 1 N–H and O–H groups in total. The van der Waals surface area contributed by atoms with E-state index in [4.69, 9.17) is 9.47 Å². The number of fused-ring (bicyclic) bond motifs is 1. The summed E-state index contributed by atoms with van der Waals surface area (Å²) in [6.07, 6.45) is 0. The first-order chi connectivity index (χ1) is 17.0. The van der Waals surface area contributed by atoms with Crippen molar-refractivity contribution in [1.29, 1.82) is 0 Å². The van der Waals surface area contributed by atoms with E-state index in [1.807, 2.05) is 30.3 Å². The fourth-order valence-corrected chi connectivity index (χ4v) is 3.52. The Balaban J connectivity index is 1.55. The van der Waals surface area contributed by atoms with Crippen LogP contribution in [0.5, 0.6) is 0 Å². The Morgan fingerprint density at radius 3 is 2.26 bits per heavy atom. The minimum Gasteiger partial charge on any atom is -0.465 e. The van der Waals surface area contributed by atoms with Gasteiger partial charge in [0, 0.05) is 5.39 Å². The number of nitrogens with zero attached hydrogens (tertiary/aromatic N) is 2. The largest absolute Gasteiger partial charge is 0.465 e. The number of ether oxygens (including phenoxy) is 2. The second-order valence-electron chi connectivity index (χ2n) is 7.50. The van der Waals surface area contributed by atoms with Crippen LogP contribution in [0.2, 0.25) is 0 Å². The molecule has 0 bridgehead atoms. The zero-order valence-electron chi connectivity index (χ0n) is 18.8. The summed E-state index contributed by atoms with van der Waals surface area (Å²) in [5.41, 5.74) is 0.785. The number of amides is 1. The molecular formula is C26H21N3O6. The summed E-state index contributed by atoms with van der Waals surface area (Å²) >= 11 is 0. The zero-order valence-corrected chi connectivity index (χ0v) is 18.8. The van der Waals surface area contributed by atoms with Crippen molar-refractivity contribution in [3.63, 3.8) is 0 Å². The van der Waals surface area contributed by atoms with E-state index in [0.717, 1.165) is 5.56 Å². The molecule has 0 aliphatic rings. The summed E-state index contributed by atoms with van der Waals surface area (Å²) in [5, 5.41) is 7.40. The SMILES string of the molecule is COC(=O)c1ccccc1NC(=O)COC(=O)c1nn(Cc2ccccc2)c(=O)c2ccccc12. The van der Waals surface area contributed by atoms with Crippen molar-refractivity contribution in [2.24, 2.45) is 0 Å². The Hall–Kier alpha value is -4.79. The number of anilines is 1. The van der Waals surface area contributed by atoms with Gasteiger partial charge in [-0.2, -0.15) is 5.10 Å². The van der Waals surface area contributed by atoms with E-state index in [-0.39, 0.29) is 29.0 Å². The quantitative estimate of drug-likeness (QED) is 0.412. The van der Waals surface area contributed by atoms with Crippen LogP contribution in [0.3, 0.4) is 0 Å². The molecule has 0 saturated heterocycles. The number of hydrogen-bond acceptors (Lipinski definition) is 7. The van der Waals surface area contributed by atoms with E-state index >= 15 is 0 Å². The third-order valence-electron chi connectivity index (χ3n) is 5.18.